The smallest absolute Gasteiger partial charge is 0.412 e. The molecule has 39 heavy (non-hydrogen) atoms. The van der Waals surface area contributed by atoms with Gasteiger partial charge in [0.1, 0.15) is 12.1 Å². The zero-order valence-corrected chi connectivity index (χ0v) is 25.2. The van der Waals surface area contributed by atoms with Crippen molar-refractivity contribution in [2.75, 3.05) is 18.5 Å². The van der Waals surface area contributed by atoms with Crippen LogP contribution in [0.3, 0.4) is 0 Å². The van der Waals surface area contributed by atoms with Crippen molar-refractivity contribution in [3.63, 3.8) is 0 Å². The lowest BCUT2D eigenvalue weighted by Gasteiger charge is -2.40. The molecule has 0 radical (unpaired) electrons. The van der Waals surface area contributed by atoms with E-state index >= 15 is 0 Å². The Balaban J connectivity index is 2.59. The summed E-state index contributed by atoms with van der Waals surface area (Å²) in [5.74, 6) is -2.49. The average molecular weight is 564 g/mol. The van der Waals surface area contributed by atoms with Crippen LogP contribution >= 0.6 is 0 Å². The van der Waals surface area contributed by atoms with Crippen molar-refractivity contribution < 1.29 is 33.4 Å². The molecule has 0 aliphatic carbocycles. The number of ether oxygens (including phenoxy) is 1. The first-order valence-corrected chi connectivity index (χ1v) is 15.5. The Kier molecular flexibility index (Phi) is 9.24. The molecule has 0 saturated heterocycles. The fraction of sp³-hybridized carbons (Fsp3) is 0.577. The maximum Gasteiger partial charge on any atom is 0.412 e. The highest BCUT2D eigenvalue weighted by atomic mass is 28.4. The first-order chi connectivity index (χ1) is 17.6. The van der Waals surface area contributed by atoms with Crippen LogP contribution < -0.4 is 16.4 Å². The van der Waals surface area contributed by atoms with Gasteiger partial charge in [-0.25, -0.2) is 4.79 Å². The molecule has 12 nitrogen and oxygen atoms in total. The summed E-state index contributed by atoms with van der Waals surface area (Å²) in [5.41, 5.74) is 4.62. The summed E-state index contributed by atoms with van der Waals surface area (Å²) in [6, 6.07) is 4.83. The van der Waals surface area contributed by atoms with Gasteiger partial charge in [0.25, 0.3) is 5.91 Å². The molecule has 1 aromatic carbocycles. The number of hydrogen-bond donors (Lipinski definition) is 4. The van der Waals surface area contributed by atoms with E-state index in [1.807, 2.05) is 0 Å². The van der Waals surface area contributed by atoms with E-state index in [0.717, 1.165) is 0 Å². The van der Waals surface area contributed by atoms with E-state index in [0.29, 0.717) is 16.6 Å². The second-order valence-corrected chi connectivity index (χ2v) is 17.2. The van der Waals surface area contributed by atoms with Gasteiger partial charge in [-0.3, -0.25) is 24.4 Å². The Bertz CT molecular complexity index is 1260. The van der Waals surface area contributed by atoms with Gasteiger partial charge >= 0.3 is 12.1 Å². The third-order valence-electron chi connectivity index (χ3n) is 6.60. The average Bonchev–Trinajstić information content (AvgIpc) is 3.14. The van der Waals surface area contributed by atoms with Crippen LogP contribution in [0, 0.1) is 0 Å². The van der Waals surface area contributed by atoms with E-state index < -0.39 is 49.9 Å². The van der Waals surface area contributed by atoms with E-state index in [4.69, 9.17) is 20.0 Å². The highest BCUT2D eigenvalue weighted by molar-refractivity contribution is 6.74. The lowest BCUT2D eigenvalue weighted by atomic mass is 9.98. The summed E-state index contributed by atoms with van der Waals surface area (Å²) in [5, 5.41) is 18.7. The van der Waals surface area contributed by atoms with Crippen LogP contribution in [0.5, 0.6) is 0 Å². The minimum Gasteiger partial charge on any atom is -0.480 e. The number of benzene rings is 1. The number of anilines is 1. The van der Waals surface area contributed by atoms with Crippen LogP contribution in [-0.2, 0) is 24.3 Å². The number of fused-ring (bicyclic) bond motifs is 1. The number of nitrogens with zero attached hydrogens (tertiary/aromatic N) is 2. The number of carboxylic acids is 1. The Morgan fingerprint density at radius 3 is 2.21 bits per heavy atom. The maximum absolute atomic E-state index is 12.8. The van der Waals surface area contributed by atoms with E-state index in [-0.39, 0.29) is 23.8 Å². The second-order valence-electron chi connectivity index (χ2n) is 12.4. The molecule has 13 heteroatoms. The Morgan fingerprint density at radius 1 is 1.08 bits per heavy atom. The fourth-order valence-electron chi connectivity index (χ4n) is 3.53. The number of hydrogen-bond acceptors (Lipinski definition) is 7. The van der Waals surface area contributed by atoms with Crippen molar-refractivity contribution >= 4 is 48.8 Å². The topological polar surface area (TPSA) is 175 Å². The first-order valence-electron chi connectivity index (χ1n) is 12.6. The molecular formula is C26H41N5O7Si. The van der Waals surface area contributed by atoms with Crippen molar-refractivity contribution in [2.24, 2.45) is 5.73 Å². The van der Waals surface area contributed by atoms with Gasteiger partial charge in [0.2, 0.25) is 5.91 Å². The minimum atomic E-state index is -2.28. The highest BCUT2D eigenvalue weighted by Gasteiger charge is 2.41. The first kappa shape index (κ1) is 31.8. The minimum absolute atomic E-state index is 0.0534. The molecule has 0 bridgehead atoms. The molecule has 216 valence electrons. The molecule has 1 unspecified atom stereocenters. The molecule has 0 spiro atoms. The van der Waals surface area contributed by atoms with Crippen LogP contribution in [0.1, 0.15) is 65.4 Å². The van der Waals surface area contributed by atoms with E-state index in [9.17, 15) is 19.2 Å². The zero-order chi connectivity index (χ0) is 30.0. The summed E-state index contributed by atoms with van der Waals surface area (Å²) in [6.45, 7) is 16.9. The lowest BCUT2D eigenvalue weighted by molar-refractivity contribution is -0.138. The van der Waals surface area contributed by atoms with Crippen LogP contribution in [-0.4, -0.2) is 65.8 Å². The number of carbonyl (C=O) groups excluding carboxylic acids is 3. The summed E-state index contributed by atoms with van der Waals surface area (Å²) in [4.78, 5) is 48.5. The van der Waals surface area contributed by atoms with Crippen LogP contribution in [0.25, 0.3) is 10.9 Å². The highest BCUT2D eigenvalue weighted by Crippen LogP contribution is 2.38. The molecule has 0 saturated carbocycles. The molecule has 5 N–H and O–H groups in total. The monoisotopic (exact) mass is 563 g/mol. The quantitative estimate of drug-likeness (QED) is 0.316. The molecule has 1 aromatic heterocycles. The van der Waals surface area contributed by atoms with E-state index in [1.165, 1.54) is 4.68 Å². The summed E-state index contributed by atoms with van der Waals surface area (Å²) in [7, 11) is -2.28. The van der Waals surface area contributed by atoms with Crippen LogP contribution in [0.4, 0.5) is 10.5 Å². The molecule has 0 aliphatic rings. The van der Waals surface area contributed by atoms with Crippen molar-refractivity contribution in [1.29, 1.82) is 0 Å². The largest absolute Gasteiger partial charge is 0.480 e. The molecule has 0 aliphatic heterocycles. The Morgan fingerprint density at radius 2 is 1.69 bits per heavy atom. The predicted molar refractivity (Wildman–Crippen MR) is 150 cm³/mol. The number of carboxylic acid groups (broad SMARTS) is 1. The number of primary amides is 1. The lowest BCUT2D eigenvalue weighted by Crippen LogP contribution is -2.48. The number of aliphatic carboxylic acids is 1. The van der Waals surface area contributed by atoms with E-state index in [1.54, 1.807) is 45.9 Å². The Hall–Kier alpha value is -3.45. The SMILES string of the molecule is CC(C)(C)OC(=O)Nc1ccc2c(c1)c(C(N)=O)nn2C(C)(CO[Si](C)(C)C(C)(C)C)CC(=O)NCC(=O)O. The van der Waals surface area contributed by atoms with Gasteiger partial charge in [0, 0.05) is 11.1 Å². The van der Waals surface area contributed by atoms with Crippen molar-refractivity contribution in [1.82, 2.24) is 15.1 Å². The number of rotatable bonds is 10. The van der Waals surface area contributed by atoms with Gasteiger partial charge in [0.15, 0.2) is 14.0 Å². The van der Waals surface area contributed by atoms with Gasteiger partial charge in [-0.15, -0.1) is 0 Å². The predicted octanol–water partition coefficient (Wildman–Crippen LogP) is 3.81. The van der Waals surface area contributed by atoms with Gasteiger partial charge in [-0.05, 0) is 64.0 Å². The summed E-state index contributed by atoms with van der Waals surface area (Å²) < 4.78 is 13.3. The normalized spacial score (nSPS) is 14.0. The molecule has 1 atom stereocenters. The molecule has 1 heterocycles. The van der Waals surface area contributed by atoms with Gasteiger partial charge < -0.3 is 25.3 Å². The molecule has 0 fully saturated rings. The molecule has 2 aromatic rings. The number of carbonyl (C=O) groups is 4. The van der Waals surface area contributed by atoms with E-state index in [2.05, 4.69) is 49.6 Å². The Labute approximate surface area is 229 Å². The number of nitrogens with one attached hydrogen (secondary N) is 2. The third-order valence-corrected chi connectivity index (χ3v) is 11.1. The van der Waals surface area contributed by atoms with Gasteiger partial charge in [-0.2, -0.15) is 5.10 Å². The van der Waals surface area contributed by atoms with Crippen LogP contribution in [0.15, 0.2) is 18.2 Å². The van der Waals surface area contributed by atoms with Crippen molar-refractivity contribution in [3.05, 3.63) is 23.9 Å². The fourth-order valence-corrected chi connectivity index (χ4v) is 4.64. The summed E-state index contributed by atoms with van der Waals surface area (Å²) in [6.07, 6.45) is -0.848. The number of amides is 3. The van der Waals surface area contributed by atoms with Gasteiger partial charge in [0.05, 0.1) is 24.1 Å². The molecular weight excluding hydrogens is 522 g/mol. The molecule has 3 amide bonds. The van der Waals surface area contributed by atoms with Crippen molar-refractivity contribution in [3.8, 4) is 0 Å². The standard InChI is InChI=1S/C26H41N5O7Si/c1-24(2,3)38-23(36)29-16-10-11-18-17(12-16)21(22(27)35)30-31(18)26(7,13-19(32)28-14-20(33)34)15-37-39(8,9)25(4,5)6/h10-12H,13-15H2,1-9H3,(H2,27,35)(H,28,32)(H,29,36)(H,33,34). The molecule has 2 rings (SSSR count). The zero-order valence-electron chi connectivity index (χ0n) is 24.2. The number of nitrogens with two attached hydrogens (primary N) is 1. The number of aromatic nitrogens is 2. The summed E-state index contributed by atoms with van der Waals surface area (Å²) >= 11 is 0. The second kappa shape index (κ2) is 11.3. The van der Waals surface area contributed by atoms with Gasteiger partial charge in [-0.1, -0.05) is 20.8 Å². The maximum atomic E-state index is 12.8. The van der Waals surface area contributed by atoms with Crippen LogP contribution in [0.2, 0.25) is 18.1 Å². The third kappa shape index (κ3) is 8.26. The van der Waals surface area contributed by atoms with Crippen molar-refractivity contribution in [2.45, 2.75) is 84.2 Å².